The van der Waals surface area contributed by atoms with Crippen molar-refractivity contribution in [3.05, 3.63) is 0 Å². The normalized spacial score (nSPS) is 11.7. The first-order valence-corrected chi connectivity index (χ1v) is 13.1. The maximum Gasteiger partial charge on any atom is 0.0703 e. The van der Waals surface area contributed by atoms with Crippen LogP contribution in [0.15, 0.2) is 0 Å². The predicted molar refractivity (Wildman–Crippen MR) is 133 cm³/mol. The highest BCUT2D eigenvalue weighted by Crippen LogP contribution is 1.89. The van der Waals surface area contributed by atoms with Crippen molar-refractivity contribution in [1.29, 1.82) is 0 Å². The number of hydrogen-bond donors (Lipinski definition) is 0. The third-order valence-corrected chi connectivity index (χ3v) is 4.30. The highest BCUT2D eigenvalue weighted by Gasteiger charge is 1.96. The Morgan fingerprint density at radius 3 is 0.800 bits per heavy atom. The summed E-state index contributed by atoms with van der Waals surface area (Å²) < 4.78 is 54.3. The van der Waals surface area contributed by atoms with E-state index in [1.54, 1.807) is 0 Å². The van der Waals surface area contributed by atoms with E-state index in [9.17, 15) is 0 Å². The number of rotatable bonds is 31. The summed E-state index contributed by atoms with van der Waals surface area (Å²) in [4.78, 5) is 0. The summed E-state index contributed by atoms with van der Waals surface area (Å²) in [6.07, 6.45) is 2.49. The molecule has 0 spiro atoms. The van der Waals surface area contributed by atoms with Crippen LogP contribution in [-0.2, 0) is 47.4 Å². The molecule has 212 valence electrons. The average Bonchev–Trinajstić information content (AvgIpc) is 2.85. The Kier molecular flexibility index (Phi) is 31.3. The van der Waals surface area contributed by atoms with Gasteiger partial charge in [-0.1, -0.05) is 13.3 Å². The summed E-state index contributed by atoms with van der Waals surface area (Å²) in [6, 6.07) is 0. The van der Waals surface area contributed by atoms with Gasteiger partial charge in [-0.25, -0.2) is 0 Å². The zero-order valence-corrected chi connectivity index (χ0v) is 22.5. The molecule has 0 aliphatic heterocycles. The molecule has 10 nitrogen and oxygen atoms in total. The van der Waals surface area contributed by atoms with Gasteiger partial charge in [-0.15, -0.1) is 0 Å². The molecule has 0 atom stereocenters. The molecule has 0 saturated heterocycles. The quantitative estimate of drug-likeness (QED) is 0.129. The second kappa shape index (κ2) is 31.6. The fraction of sp³-hybridized carbons (Fsp3) is 1.00. The molecule has 0 radical (unpaired) electrons. The summed E-state index contributed by atoms with van der Waals surface area (Å²) in [7, 11) is 0. The zero-order chi connectivity index (χ0) is 25.5. The second-order valence-electron chi connectivity index (χ2n) is 7.78. The van der Waals surface area contributed by atoms with Crippen molar-refractivity contribution in [2.45, 2.75) is 39.7 Å². The molecule has 0 saturated carbocycles. The van der Waals surface area contributed by atoms with Gasteiger partial charge in [0.25, 0.3) is 0 Å². The van der Waals surface area contributed by atoms with Gasteiger partial charge in [-0.3, -0.25) is 0 Å². The molecular weight excluding hydrogens is 460 g/mol. The van der Waals surface area contributed by atoms with E-state index in [0.29, 0.717) is 119 Å². The molecule has 0 aromatic heterocycles. The Morgan fingerprint density at radius 2 is 0.571 bits per heavy atom. The summed E-state index contributed by atoms with van der Waals surface area (Å²) in [5.41, 5.74) is 0. The smallest absolute Gasteiger partial charge is 0.0703 e. The first-order chi connectivity index (χ1) is 17.3. The van der Waals surface area contributed by atoms with Crippen LogP contribution in [0.5, 0.6) is 0 Å². The number of unbranched alkanes of at least 4 members (excludes halogenated alkanes) is 1. The van der Waals surface area contributed by atoms with Crippen LogP contribution < -0.4 is 0 Å². The van der Waals surface area contributed by atoms with Crippen molar-refractivity contribution in [2.24, 2.45) is 0 Å². The van der Waals surface area contributed by atoms with Gasteiger partial charge in [-0.2, -0.15) is 0 Å². The van der Waals surface area contributed by atoms with Gasteiger partial charge >= 0.3 is 0 Å². The van der Waals surface area contributed by atoms with Crippen molar-refractivity contribution in [3.8, 4) is 0 Å². The largest absolute Gasteiger partial charge is 0.379 e. The van der Waals surface area contributed by atoms with Crippen LogP contribution in [0.3, 0.4) is 0 Å². The summed E-state index contributed by atoms with van der Waals surface area (Å²) in [5.74, 6) is 0. The van der Waals surface area contributed by atoms with Gasteiger partial charge in [0.1, 0.15) is 0 Å². The maximum absolute atomic E-state index is 5.46. The molecule has 0 amide bonds. The van der Waals surface area contributed by atoms with Gasteiger partial charge < -0.3 is 47.4 Å². The molecule has 10 heteroatoms. The van der Waals surface area contributed by atoms with Crippen LogP contribution in [0.4, 0.5) is 0 Å². The van der Waals surface area contributed by atoms with E-state index in [4.69, 9.17) is 47.4 Å². The minimum atomic E-state index is 0.238. The lowest BCUT2D eigenvalue weighted by atomic mass is 10.4. The maximum atomic E-state index is 5.46. The van der Waals surface area contributed by atoms with Gasteiger partial charge in [0, 0.05) is 6.61 Å². The predicted octanol–water partition coefficient (Wildman–Crippen LogP) is 2.36. The van der Waals surface area contributed by atoms with Crippen LogP contribution in [0.2, 0.25) is 0 Å². The fourth-order valence-corrected chi connectivity index (χ4v) is 2.45. The highest BCUT2D eigenvalue weighted by molar-refractivity contribution is 4.39. The minimum Gasteiger partial charge on any atom is -0.379 e. The van der Waals surface area contributed by atoms with Gasteiger partial charge in [0.05, 0.1) is 125 Å². The third kappa shape index (κ3) is 33.6. The third-order valence-electron chi connectivity index (χ3n) is 4.30. The van der Waals surface area contributed by atoms with E-state index in [2.05, 4.69) is 6.92 Å². The first kappa shape index (κ1) is 34.6. The molecular formula is C25H52O10. The van der Waals surface area contributed by atoms with Gasteiger partial charge in [0.15, 0.2) is 0 Å². The van der Waals surface area contributed by atoms with Crippen LogP contribution in [0.25, 0.3) is 0 Å². The molecule has 0 aliphatic carbocycles. The van der Waals surface area contributed by atoms with Crippen molar-refractivity contribution >= 4 is 0 Å². The zero-order valence-electron chi connectivity index (χ0n) is 22.5. The van der Waals surface area contributed by atoms with Crippen LogP contribution in [0.1, 0.15) is 33.6 Å². The number of ether oxygens (including phenoxy) is 10. The summed E-state index contributed by atoms with van der Waals surface area (Å²) in [6.45, 7) is 17.1. The van der Waals surface area contributed by atoms with E-state index < -0.39 is 0 Å². The van der Waals surface area contributed by atoms with E-state index in [-0.39, 0.29) is 6.10 Å². The fourth-order valence-electron chi connectivity index (χ4n) is 2.45. The van der Waals surface area contributed by atoms with E-state index in [0.717, 1.165) is 19.4 Å². The van der Waals surface area contributed by atoms with Gasteiger partial charge in [0.2, 0.25) is 0 Å². The molecule has 0 rings (SSSR count). The molecule has 0 aliphatic rings. The molecule has 0 bridgehead atoms. The Balaban J connectivity index is 3.01. The van der Waals surface area contributed by atoms with Gasteiger partial charge in [-0.05, 0) is 20.3 Å². The lowest BCUT2D eigenvalue weighted by Crippen LogP contribution is -2.15. The van der Waals surface area contributed by atoms with Crippen molar-refractivity contribution in [1.82, 2.24) is 0 Å². The van der Waals surface area contributed by atoms with E-state index in [1.807, 2.05) is 13.8 Å². The van der Waals surface area contributed by atoms with Crippen molar-refractivity contribution in [3.63, 3.8) is 0 Å². The second-order valence-corrected chi connectivity index (χ2v) is 7.78. The average molecular weight is 513 g/mol. The molecule has 0 fully saturated rings. The summed E-state index contributed by atoms with van der Waals surface area (Å²) in [5, 5.41) is 0. The monoisotopic (exact) mass is 512 g/mol. The molecule has 0 unspecified atom stereocenters. The Hall–Kier alpha value is -0.400. The summed E-state index contributed by atoms with van der Waals surface area (Å²) >= 11 is 0. The van der Waals surface area contributed by atoms with Crippen LogP contribution >= 0.6 is 0 Å². The first-order valence-electron chi connectivity index (χ1n) is 13.1. The lowest BCUT2D eigenvalue weighted by molar-refractivity contribution is -0.0279. The topological polar surface area (TPSA) is 92.3 Å². The Bertz CT molecular complexity index is 374. The molecule has 35 heavy (non-hydrogen) atoms. The molecule has 0 aromatic rings. The van der Waals surface area contributed by atoms with Crippen molar-refractivity contribution < 1.29 is 47.4 Å². The molecule has 0 heterocycles. The number of hydrogen-bond acceptors (Lipinski definition) is 10. The lowest BCUT2D eigenvalue weighted by Gasteiger charge is -2.09. The van der Waals surface area contributed by atoms with Crippen LogP contribution in [-0.4, -0.2) is 132 Å². The van der Waals surface area contributed by atoms with Crippen LogP contribution in [0, 0.1) is 0 Å². The minimum absolute atomic E-state index is 0.238. The molecule has 0 aromatic carbocycles. The standard InChI is InChI=1S/C25H52O10/c1-4-5-6-26-7-8-27-9-10-28-11-12-29-13-14-30-15-16-31-17-18-32-19-20-33-21-22-34-23-24-35-25(2)3/h25H,4-24H2,1-3H3. The Labute approximate surface area is 213 Å². The Morgan fingerprint density at radius 1 is 0.343 bits per heavy atom. The van der Waals surface area contributed by atoms with Crippen molar-refractivity contribution in [2.75, 3.05) is 126 Å². The highest BCUT2D eigenvalue weighted by atomic mass is 16.6. The molecule has 0 N–H and O–H groups in total. The van der Waals surface area contributed by atoms with E-state index in [1.165, 1.54) is 0 Å². The SMILES string of the molecule is CCCCOCCOCCOCCOCCOCCOCCOCCOCCOCCOC(C)C. The van der Waals surface area contributed by atoms with E-state index >= 15 is 0 Å².